The number of nitrogens with zero attached hydrogens (tertiary/aromatic N) is 2. The predicted molar refractivity (Wildman–Crippen MR) is 60.6 cm³/mol. The number of pyridine rings is 1. The lowest BCUT2D eigenvalue weighted by atomic mass is 10.1. The summed E-state index contributed by atoms with van der Waals surface area (Å²) in [6.45, 7) is 0. The molecular weight excluding hydrogens is 241 g/mol. The standard InChI is InChI=1S/C11H10FN3O3/c1-15-10(16)8(9(14-15)11(17)18-2)6-3-4-7(12)13-5-6/h3-5,14H,1-2H3. The number of halogens is 1. The van der Waals surface area contributed by atoms with E-state index in [4.69, 9.17) is 0 Å². The van der Waals surface area contributed by atoms with Crippen molar-refractivity contribution in [1.29, 1.82) is 0 Å². The van der Waals surface area contributed by atoms with E-state index in [9.17, 15) is 14.0 Å². The Balaban J connectivity index is 2.66. The Morgan fingerprint density at radius 3 is 2.78 bits per heavy atom. The average Bonchev–Trinajstić information content (AvgIpc) is 2.66. The van der Waals surface area contributed by atoms with Crippen molar-refractivity contribution in [3.63, 3.8) is 0 Å². The molecule has 0 radical (unpaired) electrons. The molecule has 6 nitrogen and oxygen atoms in total. The molecule has 0 spiro atoms. The number of nitrogens with one attached hydrogen (secondary N) is 1. The van der Waals surface area contributed by atoms with Crippen LogP contribution in [0.1, 0.15) is 10.5 Å². The minimum absolute atomic E-state index is 0.0124. The van der Waals surface area contributed by atoms with Gasteiger partial charge in [-0.1, -0.05) is 0 Å². The molecule has 0 aliphatic rings. The van der Waals surface area contributed by atoms with Crippen LogP contribution in [0.4, 0.5) is 4.39 Å². The number of ether oxygens (including phenoxy) is 1. The largest absolute Gasteiger partial charge is 0.464 e. The molecule has 0 fully saturated rings. The highest BCUT2D eigenvalue weighted by atomic mass is 19.1. The molecule has 0 saturated heterocycles. The maximum absolute atomic E-state index is 12.7. The predicted octanol–water partition coefficient (Wildman–Crippen LogP) is 0.701. The van der Waals surface area contributed by atoms with E-state index in [0.717, 1.165) is 10.7 Å². The van der Waals surface area contributed by atoms with Crippen LogP contribution in [0.15, 0.2) is 23.1 Å². The van der Waals surface area contributed by atoms with Gasteiger partial charge in [-0.05, 0) is 12.1 Å². The molecule has 2 rings (SSSR count). The average molecular weight is 251 g/mol. The number of hydrogen-bond donors (Lipinski definition) is 1. The van der Waals surface area contributed by atoms with Crippen LogP contribution in [-0.4, -0.2) is 27.8 Å². The van der Waals surface area contributed by atoms with Gasteiger partial charge in [-0.2, -0.15) is 4.39 Å². The fourth-order valence-corrected chi connectivity index (χ4v) is 1.59. The first-order chi connectivity index (χ1) is 8.54. The third-order valence-electron chi connectivity index (χ3n) is 2.45. The number of aryl methyl sites for hydroxylation is 1. The van der Waals surface area contributed by atoms with Gasteiger partial charge in [0.1, 0.15) is 0 Å². The molecule has 0 aliphatic carbocycles. The summed E-state index contributed by atoms with van der Waals surface area (Å²) in [5.41, 5.74) is 0.0534. The molecule has 1 N–H and O–H groups in total. The maximum Gasteiger partial charge on any atom is 0.356 e. The van der Waals surface area contributed by atoms with Gasteiger partial charge in [-0.15, -0.1) is 0 Å². The van der Waals surface area contributed by atoms with Crippen LogP contribution < -0.4 is 5.56 Å². The summed E-state index contributed by atoms with van der Waals surface area (Å²) in [6, 6.07) is 2.49. The lowest BCUT2D eigenvalue weighted by Gasteiger charge is -2.00. The van der Waals surface area contributed by atoms with Gasteiger partial charge >= 0.3 is 5.97 Å². The van der Waals surface area contributed by atoms with Crippen molar-refractivity contribution in [3.05, 3.63) is 40.3 Å². The number of hydrogen-bond acceptors (Lipinski definition) is 4. The smallest absolute Gasteiger partial charge is 0.356 e. The molecule has 2 aromatic rings. The number of aromatic nitrogens is 3. The zero-order chi connectivity index (χ0) is 13.3. The molecule has 0 bridgehead atoms. The maximum atomic E-state index is 12.7. The first kappa shape index (κ1) is 12.0. The van der Waals surface area contributed by atoms with E-state index in [1.807, 2.05) is 0 Å². The van der Waals surface area contributed by atoms with Crippen LogP contribution in [0.25, 0.3) is 11.1 Å². The zero-order valence-corrected chi connectivity index (χ0v) is 9.73. The van der Waals surface area contributed by atoms with Crippen molar-refractivity contribution in [3.8, 4) is 11.1 Å². The fourth-order valence-electron chi connectivity index (χ4n) is 1.59. The van der Waals surface area contributed by atoms with Crippen molar-refractivity contribution in [2.24, 2.45) is 7.05 Å². The minimum atomic E-state index is -0.674. The number of carbonyl (C=O) groups excluding carboxylic acids is 1. The summed E-state index contributed by atoms with van der Waals surface area (Å²) in [5, 5.41) is 2.58. The monoisotopic (exact) mass is 251 g/mol. The highest BCUT2D eigenvalue weighted by Gasteiger charge is 2.21. The Morgan fingerprint density at radius 2 is 2.22 bits per heavy atom. The molecule has 2 heterocycles. The highest BCUT2D eigenvalue weighted by Crippen LogP contribution is 2.18. The molecule has 7 heteroatoms. The first-order valence-electron chi connectivity index (χ1n) is 5.04. The molecule has 0 amide bonds. The van der Waals surface area contributed by atoms with E-state index in [-0.39, 0.29) is 11.3 Å². The molecule has 0 saturated carbocycles. The first-order valence-corrected chi connectivity index (χ1v) is 5.04. The Kier molecular flexibility index (Phi) is 2.97. The highest BCUT2D eigenvalue weighted by molar-refractivity contribution is 5.94. The Bertz CT molecular complexity index is 643. The van der Waals surface area contributed by atoms with E-state index in [1.54, 1.807) is 0 Å². The Morgan fingerprint density at radius 1 is 1.50 bits per heavy atom. The lowest BCUT2D eigenvalue weighted by molar-refractivity contribution is 0.0594. The van der Waals surface area contributed by atoms with Crippen molar-refractivity contribution in [2.75, 3.05) is 7.11 Å². The Hall–Kier alpha value is -2.44. The van der Waals surface area contributed by atoms with Gasteiger partial charge in [-0.25, -0.2) is 9.78 Å². The van der Waals surface area contributed by atoms with Crippen LogP contribution in [-0.2, 0) is 11.8 Å². The molecule has 94 valence electrons. The van der Waals surface area contributed by atoms with Crippen molar-refractivity contribution >= 4 is 5.97 Å². The second-order valence-corrected chi connectivity index (χ2v) is 3.59. The third kappa shape index (κ3) is 1.90. The summed E-state index contributed by atoms with van der Waals surface area (Å²) >= 11 is 0. The quantitative estimate of drug-likeness (QED) is 0.629. The summed E-state index contributed by atoms with van der Waals surface area (Å²) in [5.74, 6) is -1.34. The van der Waals surface area contributed by atoms with Crippen LogP contribution in [0.3, 0.4) is 0 Å². The number of esters is 1. The van der Waals surface area contributed by atoms with Crippen molar-refractivity contribution in [2.45, 2.75) is 0 Å². The minimum Gasteiger partial charge on any atom is -0.464 e. The number of carbonyl (C=O) groups is 1. The van der Waals surface area contributed by atoms with Crippen LogP contribution >= 0.6 is 0 Å². The molecule has 0 atom stereocenters. The molecule has 18 heavy (non-hydrogen) atoms. The van der Waals surface area contributed by atoms with Crippen LogP contribution in [0.5, 0.6) is 0 Å². The van der Waals surface area contributed by atoms with Crippen molar-refractivity contribution in [1.82, 2.24) is 14.8 Å². The van der Waals surface area contributed by atoms with Gasteiger partial charge in [0.05, 0.1) is 12.7 Å². The number of H-pyrrole nitrogens is 1. The van der Waals surface area contributed by atoms with Crippen molar-refractivity contribution < 1.29 is 13.9 Å². The van der Waals surface area contributed by atoms with E-state index in [2.05, 4.69) is 14.8 Å². The zero-order valence-electron chi connectivity index (χ0n) is 9.73. The van der Waals surface area contributed by atoms with Crippen LogP contribution in [0.2, 0.25) is 0 Å². The van der Waals surface area contributed by atoms with E-state index in [1.165, 1.54) is 26.4 Å². The van der Waals surface area contributed by atoms with Gasteiger partial charge in [0.25, 0.3) is 5.56 Å². The second kappa shape index (κ2) is 4.44. The topological polar surface area (TPSA) is 77.0 Å². The third-order valence-corrected chi connectivity index (χ3v) is 2.45. The van der Waals surface area contributed by atoms with Gasteiger partial charge in [0.2, 0.25) is 5.95 Å². The molecule has 0 aliphatic heterocycles. The van der Waals surface area contributed by atoms with E-state index < -0.39 is 17.5 Å². The van der Waals surface area contributed by atoms with E-state index >= 15 is 0 Å². The summed E-state index contributed by atoms with van der Waals surface area (Å²) in [6.07, 6.45) is 1.19. The fraction of sp³-hybridized carbons (Fsp3) is 0.182. The van der Waals surface area contributed by atoms with Crippen LogP contribution in [0, 0.1) is 5.95 Å². The molecular formula is C11H10FN3O3. The summed E-state index contributed by atoms with van der Waals surface area (Å²) in [7, 11) is 2.68. The van der Waals surface area contributed by atoms with Gasteiger partial charge in [0, 0.05) is 18.8 Å². The molecule has 0 aromatic carbocycles. The molecule has 0 unspecified atom stereocenters. The van der Waals surface area contributed by atoms with Gasteiger partial charge < -0.3 is 4.74 Å². The second-order valence-electron chi connectivity index (χ2n) is 3.59. The van der Waals surface area contributed by atoms with E-state index in [0.29, 0.717) is 5.56 Å². The summed E-state index contributed by atoms with van der Waals surface area (Å²) < 4.78 is 18.5. The summed E-state index contributed by atoms with van der Waals surface area (Å²) in [4.78, 5) is 26.9. The Labute approximate surface area is 101 Å². The lowest BCUT2D eigenvalue weighted by Crippen LogP contribution is -2.13. The number of rotatable bonds is 2. The SMILES string of the molecule is COC(=O)c1[nH]n(C)c(=O)c1-c1ccc(F)nc1. The van der Waals surface area contributed by atoms with Gasteiger partial charge in [0.15, 0.2) is 5.69 Å². The normalized spacial score (nSPS) is 10.4. The molecule has 2 aromatic heterocycles. The number of aromatic amines is 1. The number of methoxy groups -OCH3 is 1. The van der Waals surface area contributed by atoms with Gasteiger partial charge in [-0.3, -0.25) is 14.6 Å².